The lowest BCUT2D eigenvalue weighted by Crippen LogP contribution is -2.53. The summed E-state index contributed by atoms with van der Waals surface area (Å²) < 4.78 is 12.4. The third-order valence-electron chi connectivity index (χ3n) is 14.2. The molecule has 4 aromatic rings. The van der Waals surface area contributed by atoms with Gasteiger partial charge in [0.1, 0.15) is 12.2 Å². The molecule has 0 saturated heterocycles. The number of para-hydroxylation sites is 2. The van der Waals surface area contributed by atoms with E-state index in [1.54, 1.807) is 0 Å². The van der Waals surface area contributed by atoms with E-state index in [0.29, 0.717) is 74.1 Å². The van der Waals surface area contributed by atoms with Crippen LogP contribution >= 0.6 is 12.4 Å². The van der Waals surface area contributed by atoms with Crippen LogP contribution in [0.5, 0.6) is 0 Å². The zero-order chi connectivity index (χ0) is 44.7. The van der Waals surface area contributed by atoms with Gasteiger partial charge in [0, 0.05) is 58.1 Å². The molecule has 8 rings (SSSR count). The van der Waals surface area contributed by atoms with Crippen molar-refractivity contribution in [2.45, 2.75) is 64.6 Å². The van der Waals surface area contributed by atoms with Crippen molar-refractivity contribution < 1.29 is 38.2 Å². The van der Waals surface area contributed by atoms with Crippen LogP contribution in [0.3, 0.4) is 0 Å². The molecule has 2 aromatic heterocycles. The maximum absolute atomic E-state index is 14.7. The topological polar surface area (TPSA) is 195 Å². The van der Waals surface area contributed by atoms with Crippen molar-refractivity contribution in [2.24, 2.45) is 47.3 Å². The Morgan fingerprint density at radius 2 is 0.969 bits per heavy atom. The standard InChI is InChI=1S/C48H61N7O8.ClH/c1-25-37(29-13-7-9-15-33(29)51-25)47(60)62-35-23-27-21-31(35)41(39(27)43(56)49-17-11-19-54(3)4)45(58)53-46(59)42-32-22-28(40(42)44(57)50-18-12-20-55(5)6)24-36(32)63-48(61)38-26(2)52-34-16-10-8-14-30(34)38;/h7-10,13-16,27-28,31-32,35-36,39-42,51-52H,11-12,17-24H2,1-6H3,(H,49,56)(H,50,57)(H,53,58,59);1H. The van der Waals surface area contributed by atoms with Crippen LogP contribution in [0, 0.1) is 61.2 Å². The van der Waals surface area contributed by atoms with Gasteiger partial charge in [-0.15, -0.1) is 12.4 Å². The molecule has 16 heteroatoms. The Balaban J connectivity index is 0.00000612. The summed E-state index contributed by atoms with van der Waals surface area (Å²) in [6.45, 7) is 6.02. The fraction of sp³-hybridized carbons (Fsp3) is 0.542. The first-order valence-corrected chi connectivity index (χ1v) is 22.5. The first kappa shape index (κ1) is 46.7. The Hall–Kier alpha value is -5.25. The number of esters is 2. The maximum atomic E-state index is 14.7. The summed E-state index contributed by atoms with van der Waals surface area (Å²) in [4.78, 5) is 95.7. The molecule has 4 aliphatic carbocycles. The molecule has 344 valence electrons. The van der Waals surface area contributed by atoms with Crippen molar-refractivity contribution >= 4 is 69.8 Å². The van der Waals surface area contributed by atoms with Gasteiger partial charge in [0.25, 0.3) is 0 Å². The summed E-state index contributed by atoms with van der Waals surface area (Å²) in [5.41, 5.74) is 3.81. The number of benzene rings is 2. The van der Waals surface area contributed by atoms with Crippen LogP contribution < -0.4 is 16.0 Å². The average Bonchev–Trinajstić information content (AvgIpc) is 4.09. The zero-order valence-electron chi connectivity index (χ0n) is 37.5. The van der Waals surface area contributed by atoms with Crippen LogP contribution in [0.2, 0.25) is 0 Å². The summed E-state index contributed by atoms with van der Waals surface area (Å²) in [7, 11) is 7.84. The number of hydrogen-bond acceptors (Lipinski definition) is 10. The second kappa shape index (κ2) is 19.5. The number of imide groups is 1. The van der Waals surface area contributed by atoms with Crippen LogP contribution in [0.25, 0.3) is 21.8 Å². The predicted molar refractivity (Wildman–Crippen MR) is 244 cm³/mol. The van der Waals surface area contributed by atoms with Crippen molar-refractivity contribution in [2.75, 3.05) is 54.4 Å². The van der Waals surface area contributed by atoms with E-state index < -0.39 is 71.5 Å². The maximum Gasteiger partial charge on any atom is 0.340 e. The molecule has 0 aliphatic heterocycles. The molecular weight excluding hydrogens is 838 g/mol. The largest absolute Gasteiger partial charge is 0.458 e. The Morgan fingerprint density at radius 1 is 0.578 bits per heavy atom. The number of aromatic amines is 2. The molecule has 2 aromatic carbocycles. The molecule has 4 aliphatic rings. The quantitative estimate of drug-likeness (QED) is 0.0595. The summed E-state index contributed by atoms with van der Waals surface area (Å²) in [6.07, 6.45) is 1.90. The number of nitrogens with one attached hydrogen (secondary N) is 5. The first-order chi connectivity index (χ1) is 30.2. The van der Waals surface area contributed by atoms with Gasteiger partial charge in [0.2, 0.25) is 23.6 Å². The van der Waals surface area contributed by atoms with Gasteiger partial charge >= 0.3 is 11.9 Å². The number of rotatable bonds is 16. The van der Waals surface area contributed by atoms with Crippen LogP contribution in [0.1, 0.15) is 70.6 Å². The van der Waals surface area contributed by atoms with Gasteiger partial charge in [0.05, 0.1) is 34.8 Å². The number of fused-ring (bicyclic) bond motifs is 6. The zero-order valence-corrected chi connectivity index (χ0v) is 38.3. The molecule has 15 nitrogen and oxygen atoms in total. The molecule has 0 spiro atoms. The minimum atomic E-state index is -0.959. The highest BCUT2D eigenvalue weighted by Gasteiger charge is 2.62. The number of carbonyl (C=O) groups is 6. The normalized spacial score (nSPS) is 26.6. The van der Waals surface area contributed by atoms with Gasteiger partial charge < -0.3 is 39.9 Å². The number of amides is 4. The monoisotopic (exact) mass is 899 g/mol. The van der Waals surface area contributed by atoms with E-state index in [1.165, 1.54) is 0 Å². The van der Waals surface area contributed by atoms with Crippen LogP contribution in [0.15, 0.2) is 48.5 Å². The Bertz CT molecular complexity index is 2250. The van der Waals surface area contributed by atoms with Crippen LogP contribution in [0.4, 0.5) is 0 Å². The van der Waals surface area contributed by atoms with E-state index >= 15 is 0 Å². The van der Waals surface area contributed by atoms with Crippen LogP contribution in [-0.2, 0) is 28.7 Å². The molecule has 10 atom stereocenters. The third kappa shape index (κ3) is 9.16. The van der Waals surface area contributed by atoms with E-state index in [0.717, 1.165) is 34.9 Å². The number of halogens is 1. The fourth-order valence-corrected chi connectivity index (χ4v) is 11.6. The Labute approximate surface area is 379 Å². The highest BCUT2D eigenvalue weighted by molar-refractivity contribution is 6.07. The molecule has 10 unspecified atom stereocenters. The highest BCUT2D eigenvalue weighted by Crippen LogP contribution is 2.56. The number of nitrogens with zero attached hydrogens (tertiary/aromatic N) is 2. The van der Waals surface area contributed by atoms with E-state index in [2.05, 4.69) is 25.9 Å². The number of aryl methyl sites for hydroxylation is 2. The smallest absolute Gasteiger partial charge is 0.340 e. The molecule has 4 saturated carbocycles. The molecule has 0 radical (unpaired) electrons. The highest BCUT2D eigenvalue weighted by atomic mass is 35.5. The number of ether oxygens (including phenoxy) is 2. The van der Waals surface area contributed by atoms with Gasteiger partial charge in [-0.1, -0.05) is 36.4 Å². The molecule has 64 heavy (non-hydrogen) atoms. The number of aromatic nitrogens is 2. The predicted octanol–water partition coefficient (Wildman–Crippen LogP) is 4.76. The summed E-state index contributed by atoms with van der Waals surface area (Å²) in [6, 6.07) is 15.0. The SMILES string of the molecule is Cc1[nH]c2ccccc2c1C(=O)OC1CC2CC1C(C(=O)NC(=O)C1C3CC(CC3OC(=O)c3c(C)[nH]c4ccccc34)C1C(=O)NCCCN(C)C)C2C(=O)NCCCN(C)C.Cl. The van der Waals surface area contributed by atoms with E-state index in [1.807, 2.05) is 100 Å². The lowest BCUT2D eigenvalue weighted by Gasteiger charge is -2.36. The minimum absolute atomic E-state index is 0. The summed E-state index contributed by atoms with van der Waals surface area (Å²) in [5.74, 6) is -7.72. The molecule has 4 bridgehead atoms. The Morgan fingerprint density at radius 3 is 1.36 bits per heavy atom. The van der Waals surface area contributed by atoms with Crippen molar-refractivity contribution in [3.05, 3.63) is 71.0 Å². The second-order valence-electron chi connectivity index (χ2n) is 18.9. The molecular formula is C48H62ClN7O8. The molecule has 2 heterocycles. The Kier molecular flexibility index (Phi) is 14.2. The van der Waals surface area contributed by atoms with Crippen LogP contribution in [-0.4, -0.2) is 122 Å². The van der Waals surface area contributed by atoms with E-state index in [9.17, 15) is 28.8 Å². The average molecular weight is 901 g/mol. The van der Waals surface area contributed by atoms with Crippen molar-refractivity contribution in [1.29, 1.82) is 0 Å². The van der Waals surface area contributed by atoms with E-state index in [4.69, 9.17) is 9.47 Å². The van der Waals surface area contributed by atoms with Gasteiger partial charge in [-0.25, -0.2) is 9.59 Å². The second-order valence-corrected chi connectivity index (χ2v) is 18.9. The summed E-state index contributed by atoms with van der Waals surface area (Å²) >= 11 is 0. The van der Waals surface area contributed by atoms with Crippen molar-refractivity contribution in [3.63, 3.8) is 0 Å². The molecule has 4 fully saturated rings. The van der Waals surface area contributed by atoms with Crippen molar-refractivity contribution in [3.8, 4) is 0 Å². The lowest BCUT2D eigenvalue weighted by atomic mass is 9.75. The fourth-order valence-electron chi connectivity index (χ4n) is 11.6. The lowest BCUT2D eigenvalue weighted by molar-refractivity contribution is -0.147. The number of H-pyrrole nitrogens is 2. The third-order valence-corrected chi connectivity index (χ3v) is 14.2. The van der Waals surface area contributed by atoms with Gasteiger partial charge in [0.15, 0.2) is 0 Å². The van der Waals surface area contributed by atoms with Gasteiger partial charge in [-0.05, 0) is 118 Å². The first-order valence-electron chi connectivity index (χ1n) is 22.5. The number of hydrogen-bond donors (Lipinski definition) is 5. The number of carbonyl (C=O) groups excluding carboxylic acids is 6. The van der Waals surface area contributed by atoms with Gasteiger partial charge in [-0.3, -0.25) is 24.5 Å². The minimum Gasteiger partial charge on any atom is -0.458 e. The van der Waals surface area contributed by atoms with Gasteiger partial charge in [-0.2, -0.15) is 0 Å². The molecule has 4 amide bonds. The summed E-state index contributed by atoms with van der Waals surface area (Å²) in [5, 5.41) is 10.2. The molecule has 5 N–H and O–H groups in total. The van der Waals surface area contributed by atoms with Crippen molar-refractivity contribution in [1.82, 2.24) is 35.7 Å². The van der Waals surface area contributed by atoms with E-state index in [-0.39, 0.29) is 36.1 Å².